The molecular formula is C28H30N6O4. The average Bonchev–Trinajstić information content (AvgIpc) is 3.26. The molecule has 1 fully saturated rings. The minimum atomic E-state index is -0.744. The Labute approximate surface area is 220 Å². The van der Waals surface area contributed by atoms with Crippen LogP contribution in [0.25, 0.3) is 0 Å². The Bertz CT molecular complexity index is 1330. The third-order valence-corrected chi connectivity index (χ3v) is 6.48. The molecule has 2 amide bonds. The molecule has 3 atom stereocenters. The number of esters is 1. The first-order valence-electron chi connectivity index (χ1n) is 12.3. The molecule has 0 saturated heterocycles. The number of hydrogen-bond donors (Lipinski definition) is 4. The average molecular weight is 515 g/mol. The number of nitrogens with zero attached hydrogens (tertiary/aromatic N) is 2. The number of primary amides is 1. The second-order valence-corrected chi connectivity index (χ2v) is 9.09. The van der Waals surface area contributed by atoms with Crippen molar-refractivity contribution in [1.82, 2.24) is 15.3 Å². The minimum absolute atomic E-state index is 0.0119. The molecule has 5 N–H and O–H groups in total. The molecule has 0 bridgehead atoms. The summed E-state index contributed by atoms with van der Waals surface area (Å²) >= 11 is 0. The number of rotatable bonds is 10. The first kappa shape index (κ1) is 26.3. The monoisotopic (exact) mass is 514 g/mol. The number of nitrogens with two attached hydrogens (primary N) is 1. The zero-order valence-electron chi connectivity index (χ0n) is 21.0. The SMILES string of the molecule is C=CC(=O)NC1CC[C@@H](Nc2cnc(C(N)=O)c(Nc3cccc(C(=O)OCc4ccccc4)c3)n2)[C@H]1C. The van der Waals surface area contributed by atoms with Crippen LogP contribution in [-0.4, -0.2) is 39.8 Å². The van der Waals surface area contributed by atoms with Gasteiger partial charge in [-0.15, -0.1) is 0 Å². The second-order valence-electron chi connectivity index (χ2n) is 9.09. The summed E-state index contributed by atoms with van der Waals surface area (Å²) in [5.41, 5.74) is 7.22. The van der Waals surface area contributed by atoms with Crippen molar-refractivity contribution in [2.75, 3.05) is 10.6 Å². The first-order valence-corrected chi connectivity index (χ1v) is 12.3. The van der Waals surface area contributed by atoms with E-state index in [1.54, 1.807) is 24.3 Å². The normalized spacial score (nSPS) is 18.3. The van der Waals surface area contributed by atoms with E-state index < -0.39 is 11.9 Å². The largest absolute Gasteiger partial charge is 0.457 e. The van der Waals surface area contributed by atoms with Crippen molar-refractivity contribution in [1.29, 1.82) is 0 Å². The van der Waals surface area contributed by atoms with Gasteiger partial charge in [0.2, 0.25) is 5.91 Å². The lowest BCUT2D eigenvalue weighted by atomic mass is 10.0. The molecule has 10 nitrogen and oxygen atoms in total. The highest BCUT2D eigenvalue weighted by atomic mass is 16.5. The maximum Gasteiger partial charge on any atom is 0.338 e. The van der Waals surface area contributed by atoms with Gasteiger partial charge in [-0.2, -0.15) is 0 Å². The molecule has 0 radical (unpaired) electrons. The molecule has 1 aliphatic carbocycles. The number of carbonyl (C=O) groups is 3. The second kappa shape index (κ2) is 12.0. The number of hydrogen-bond acceptors (Lipinski definition) is 8. The molecule has 3 aromatic rings. The molecule has 10 heteroatoms. The van der Waals surface area contributed by atoms with Crippen LogP contribution in [-0.2, 0) is 16.1 Å². The lowest BCUT2D eigenvalue weighted by Gasteiger charge is -2.23. The lowest BCUT2D eigenvalue weighted by Crippen LogP contribution is -2.39. The van der Waals surface area contributed by atoms with E-state index in [-0.39, 0.29) is 42.0 Å². The fourth-order valence-electron chi connectivity index (χ4n) is 4.40. The van der Waals surface area contributed by atoms with Crippen molar-refractivity contribution in [2.45, 2.75) is 38.5 Å². The summed E-state index contributed by atoms with van der Waals surface area (Å²) < 4.78 is 5.41. The van der Waals surface area contributed by atoms with Gasteiger partial charge in [0.15, 0.2) is 11.5 Å². The van der Waals surface area contributed by atoms with Gasteiger partial charge in [0.05, 0.1) is 11.8 Å². The first-order chi connectivity index (χ1) is 18.3. The van der Waals surface area contributed by atoms with Crippen molar-refractivity contribution in [2.24, 2.45) is 11.7 Å². The number of carbonyl (C=O) groups excluding carboxylic acids is 3. The van der Waals surface area contributed by atoms with Gasteiger partial charge in [-0.1, -0.05) is 49.9 Å². The summed E-state index contributed by atoms with van der Waals surface area (Å²) in [6.07, 6.45) is 4.34. The third kappa shape index (κ3) is 6.52. The molecule has 0 aliphatic heterocycles. The predicted octanol–water partition coefficient (Wildman–Crippen LogP) is 3.56. The molecule has 196 valence electrons. The van der Waals surface area contributed by atoms with Crippen LogP contribution >= 0.6 is 0 Å². The molecule has 1 heterocycles. The van der Waals surface area contributed by atoms with Gasteiger partial charge >= 0.3 is 5.97 Å². The van der Waals surface area contributed by atoms with Crippen molar-refractivity contribution in [3.05, 3.63) is 90.3 Å². The standard InChI is InChI=1S/C28H30N6O4/c1-3-24(35)33-22-13-12-21(17(22)2)32-23-15-30-25(26(29)36)27(34-23)31-20-11-7-10-19(14-20)28(37)38-16-18-8-5-4-6-9-18/h3-11,14-15,17,21-22H,1,12-13,16H2,2H3,(H2,29,36)(H,33,35)(H2,31,32,34)/t17-,21-,22?/m1/s1. The van der Waals surface area contributed by atoms with Crippen LogP contribution in [0.2, 0.25) is 0 Å². The van der Waals surface area contributed by atoms with Crippen LogP contribution in [0.1, 0.15) is 46.2 Å². The smallest absolute Gasteiger partial charge is 0.338 e. The minimum Gasteiger partial charge on any atom is -0.457 e. The van der Waals surface area contributed by atoms with E-state index in [0.29, 0.717) is 17.1 Å². The van der Waals surface area contributed by atoms with Gasteiger partial charge < -0.3 is 26.4 Å². The van der Waals surface area contributed by atoms with E-state index in [9.17, 15) is 14.4 Å². The predicted molar refractivity (Wildman–Crippen MR) is 144 cm³/mol. The number of ether oxygens (including phenoxy) is 1. The van der Waals surface area contributed by atoms with Crippen molar-refractivity contribution < 1.29 is 19.1 Å². The molecule has 4 rings (SSSR count). The van der Waals surface area contributed by atoms with Crippen LogP contribution in [0.3, 0.4) is 0 Å². The van der Waals surface area contributed by atoms with Crippen LogP contribution in [0.4, 0.5) is 17.3 Å². The van der Waals surface area contributed by atoms with E-state index in [1.165, 1.54) is 12.3 Å². The zero-order valence-corrected chi connectivity index (χ0v) is 21.0. The number of benzene rings is 2. The molecule has 1 aromatic heterocycles. The highest BCUT2D eigenvalue weighted by Crippen LogP contribution is 2.29. The molecule has 1 unspecified atom stereocenters. The van der Waals surface area contributed by atoms with Gasteiger partial charge in [-0.05, 0) is 48.6 Å². The summed E-state index contributed by atoms with van der Waals surface area (Å²) in [6, 6.07) is 16.1. The summed E-state index contributed by atoms with van der Waals surface area (Å²) in [4.78, 5) is 45.1. The number of anilines is 3. The Morgan fingerprint density at radius 2 is 1.87 bits per heavy atom. The Balaban J connectivity index is 1.47. The maximum atomic E-state index is 12.6. The summed E-state index contributed by atoms with van der Waals surface area (Å²) in [6.45, 7) is 5.70. The Hall–Kier alpha value is -4.73. The van der Waals surface area contributed by atoms with E-state index in [0.717, 1.165) is 18.4 Å². The quantitative estimate of drug-likeness (QED) is 0.237. The van der Waals surface area contributed by atoms with E-state index >= 15 is 0 Å². The molecule has 2 aromatic carbocycles. The van der Waals surface area contributed by atoms with Gasteiger partial charge in [-0.3, -0.25) is 9.59 Å². The zero-order chi connectivity index (χ0) is 27.1. The molecule has 0 spiro atoms. The van der Waals surface area contributed by atoms with Crippen molar-refractivity contribution >= 4 is 35.1 Å². The van der Waals surface area contributed by atoms with Gasteiger partial charge in [0.1, 0.15) is 12.4 Å². The van der Waals surface area contributed by atoms with Gasteiger partial charge in [0.25, 0.3) is 5.91 Å². The van der Waals surface area contributed by atoms with Crippen molar-refractivity contribution in [3.8, 4) is 0 Å². The third-order valence-electron chi connectivity index (χ3n) is 6.48. The molecule has 1 saturated carbocycles. The number of amides is 2. The fraction of sp³-hybridized carbons (Fsp3) is 0.250. The lowest BCUT2D eigenvalue weighted by molar-refractivity contribution is -0.117. The van der Waals surface area contributed by atoms with E-state index in [2.05, 4.69) is 32.5 Å². The topological polar surface area (TPSA) is 148 Å². The Morgan fingerprint density at radius 3 is 2.61 bits per heavy atom. The Morgan fingerprint density at radius 1 is 1.11 bits per heavy atom. The Kier molecular flexibility index (Phi) is 8.32. The summed E-state index contributed by atoms with van der Waals surface area (Å²) in [5.74, 6) is -0.700. The van der Waals surface area contributed by atoms with Crippen LogP contribution in [0.5, 0.6) is 0 Å². The van der Waals surface area contributed by atoms with Crippen LogP contribution in [0, 0.1) is 5.92 Å². The molecule has 38 heavy (non-hydrogen) atoms. The van der Waals surface area contributed by atoms with Crippen molar-refractivity contribution in [3.63, 3.8) is 0 Å². The number of nitrogens with one attached hydrogen (secondary N) is 3. The molecular weight excluding hydrogens is 484 g/mol. The number of aromatic nitrogens is 2. The maximum absolute atomic E-state index is 12.6. The summed E-state index contributed by atoms with van der Waals surface area (Å²) in [5, 5.41) is 9.35. The van der Waals surface area contributed by atoms with Crippen LogP contribution in [0.15, 0.2) is 73.4 Å². The van der Waals surface area contributed by atoms with Crippen LogP contribution < -0.4 is 21.7 Å². The highest BCUT2D eigenvalue weighted by molar-refractivity contribution is 5.97. The van der Waals surface area contributed by atoms with Gasteiger partial charge in [-0.25, -0.2) is 14.8 Å². The van der Waals surface area contributed by atoms with E-state index in [1.807, 2.05) is 37.3 Å². The summed E-state index contributed by atoms with van der Waals surface area (Å²) in [7, 11) is 0. The van der Waals surface area contributed by atoms with Gasteiger partial charge in [0, 0.05) is 17.8 Å². The highest BCUT2D eigenvalue weighted by Gasteiger charge is 2.33. The van der Waals surface area contributed by atoms with E-state index in [4.69, 9.17) is 10.5 Å². The molecule has 1 aliphatic rings. The fourth-order valence-corrected chi connectivity index (χ4v) is 4.40.